The maximum Gasteiger partial charge on any atom is 0.294 e. The minimum atomic E-state index is -0.324. The zero-order chi connectivity index (χ0) is 20.7. The molecule has 30 heavy (non-hydrogen) atoms. The van der Waals surface area contributed by atoms with E-state index in [-0.39, 0.29) is 11.1 Å². The number of quaternary nitrogens is 1. The van der Waals surface area contributed by atoms with Crippen molar-refractivity contribution in [2.75, 3.05) is 25.0 Å². The quantitative estimate of drug-likeness (QED) is 0.403. The summed E-state index contributed by atoms with van der Waals surface area (Å²) in [5.41, 5.74) is 2.68. The number of nitrogens with two attached hydrogens (primary N) is 1. The molecule has 6 nitrogen and oxygen atoms in total. The number of hydrogen-bond donors (Lipinski definition) is 3. The molecule has 8 heteroatoms. The summed E-state index contributed by atoms with van der Waals surface area (Å²) < 4.78 is 6.59. The molecule has 4 N–H and O–H groups in total. The van der Waals surface area contributed by atoms with Crippen LogP contribution >= 0.6 is 27.5 Å². The third-order valence-electron chi connectivity index (χ3n) is 5.66. The summed E-state index contributed by atoms with van der Waals surface area (Å²) in [4.78, 5) is 20.1. The first-order valence-corrected chi connectivity index (χ1v) is 11.2. The van der Waals surface area contributed by atoms with Crippen LogP contribution in [-0.4, -0.2) is 29.6 Å². The Kier molecular flexibility index (Phi) is 5.26. The molecule has 4 aromatic rings. The number of aromatic amines is 1. The Morgan fingerprint density at radius 3 is 2.87 bits per heavy atom. The van der Waals surface area contributed by atoms with E-state index in [4.69, 9.17) is 16.0 Å². The smallest absolute Gasteiger partial charge is 0.294 e. The van der Waals surface area contributed by atoms with Gasteiger partial charge in [-0.15, -0.1) is 0 Å². The fourth-order valence-electron chi connectivity index (χ4n) is 4.03. The van der Waals surface area contributed by atoms with Gasteiger partial charge < -0.3 is 20.0 Å². The second-order valence-corrected chi connectivity index (χ2v) is 9.04. The van der Waals surface area contributed by atoms with Gasteiger partial charge in [-0.05, 0) is 42.3 Å². The molecule has 1 fully saturated rings. The van der Waals surface area contributed by atoms with Crippen LogP contribution in [0.25, 0.3) is 33.5 Å². The average molecular weight is 489 g/mol. The zero-order valence-corrected chi connectivity index (χ0v) is 18.5. The molecule has 2 aromatic carbocycles. The number of benzene rings is 2. The molecular formula is C22H21BrClN4O2+. The lowest BCUT2D eigenvalue weighted by atomic mass is 9.98. The fraction of sp³-hybridized carbons (Fsp3) is 0.273. The second kappa shape index (κ2) is 8.06. The van der Waals surface area contributed by atoms with Crippen LogP contribution in [0.3, 0.4) is 0 Å². The highest BCUT2D eigenvalue weighted by molar-refractivity contribution is 9.10. The van der Waals surface area contributed by atoms with Crippen molar-refractivity contribution < 1.29 is 9.73 Å². The van der Waals surface area contributed by atoms with Gasteiger partial charge in [-0.3, -0.25) is 4.79 Å². The van der Waals surface area contributed by atoms with E-state index < -0.39 is 0 Å². The Labute approximate surface area is 186 Å². The summed E-state index contributed by atoms with van der Waals surface area (Å²) in [6.07, 6.45) is 2.47. The number of hydrogen-bond acceptors (Lipinski definition) is 4. The summed E-state index contributed by atoms with van der Waals surface area (Å²) in [6, 6.07) is 11.3. The number of H-pyrrole nitrogens is 1. The maximum atomic E-state index is 12.6. The molecule has 0 bridgehead atoms. The maximum absolute atomic E-state index is 12.6. The van der Waals surface area contributed by atoms with Crippen LogP contribution in [-0.2, 0) is 0 Å². The largest absolute Gasteiger partial charge is 0.449 e. The van der Waals surface area contributed by atoms with Crippen LogP contribution in [0.1, 0.15) is 12.8 Å². The summed E-state index contributed by atoms with van der Waals surface area (Å²) in [7, 11) is 0. The first-order chi connectivity index (χ1) is 14.6. The average Bonchev–Trinajstić information content (AvgIpc) is 3.11. The van der Waals surface area contributed by atoms with Crippen molar-refractivity contribution in [1.82, 2.24) is 9.97 Å². The number of nitrogens with one attached hydrogen (secondary N) is 2. The van der Waals surface area contributed by atoms with Crippen molar-refractivity contribution in [3.05, 3.63) is 56.2 Å². The molecule has 5 rings (SSSR count). The molecule has 1 aliphatic heterocycles. The first-order valence-electron chi connectivity index (χ1n) is 10.1. The van der Waals surface area contributed by atoms with Crippen LogP contribution < -0.4 is 16.2 Å². The molecule has 0 spiro atoms. The van der Waals surface area contributed by atoms with Crippen LogP contribution in [0.2, 0.25) is 5.02 Å². The Balaban J connectivity index is 1.48. The minimum absolute atomic E-state index is 0.214. The first kappa shape index (κ1) is 19.6. The number of halogens is 2. The number of rotatable bonds is 4. The number of anilines is 1. The molecule has 0 saturated carbocycles. The van der Waals surface area contributed by atoms with Gasteiger partial charge in [0.25, 0.3) is 5.56 Å². The van der Waals surface area contributed by atoms with Crippen molar-refractivity contribution in [3.63, 3.8) is 0 Å². The molecule has 0 atom stereocenters. The highest BCUT2D eigenvalue weighted by atomic mass is 79.9. The summed E-state index contributed by atoms with van der Waals surface area (Å²) in [5, 5.41) is 7.18. The van der Waals surface area contributed by atoms with Crippen LogP contribution in [0, 0.1) is 5.92 Å². The molecule has 154 valence electrons. The lowest BCUT2D eigenvalue weighted by Crippen LogP contribution is -2.86. The predicted octanol–water partition coefficient (Wildman–Crippen LogP) is 4.14. The van der Waals surface area contributed by atoms with Crippen molar-refractivity contribution >= 4 is 55.3 Å². The molecule has 0 radical (unpaired) electrons. The van der Waals surface area contributed by atoms with Crippen molar-refractivity contribution in [3.8, 4) is 11.4 Å². The van der Waals surface area contributed by atoms with E-state index in [0.717, 1.165) is 22.1 Å². The third kappa shape index (κ3) is 3.73. The van der Waals surface area contributed by atoms with E-state index in [1.54, 1.807) is 0 Å². The predicted molar refractivity (Wildman–Crippen MR) is 123 cm³/mol. The zero-order valence-electron chi connectivity index (χ0n) is 16.2. The van der Waals surface area contributed by atoms with E-state index in [1.165, 1.54) is 25.9 Å². The summed E-state index contributed by atoms with van der Waals surface area (Å²) in [6.45, 7) is 3.35. The Morgan fingerprint density at radius 1 is 1.23 bits per heavy atom. The third-order valence-corrected chi connectivity index (χ3v) is 6.47. The van der Waals surface area contributed by atoms with Crippen molar-refractivity contribution in [1.29, 1.82) is 0 Å². The van der Waals surface area contributed by atoms with Crippen LogP contribution in [0.5, 0.6) is 0 Å². The van der Waals surface area contributed by atoms with Gasteiger partial charge in [-0.25, -0.2) is 4.98 Å². The summed E-state index contributed by atoms with van der Waals surface area (Å²) in [5.74, 6) is 1.12. The molecule has 1 aliphatic rings. The SMILES string of the molecule is O=c1[nH]c(-c2ccc(NCC3CC[NH2+]CC3)cc2Cl)nc2c1oc1ccc(Br)cc12. The standard InChI is InChI=1S/C22H20BrClN4O2/c23-13-1-4-18-16(9-13)19-20(30-18)22(29)28-21(27-19)15-3-2-14(10-17(15)24)26-11-12-5-7-25-8-6-12/h1-4,9-10,12,25-26H,5-8,11H2,(H,27,28,29)/p+1. The number of nitrogens with zero attached hydrogens (tertiary/aromatic N) is 1. The monoisotopic (exact) mass is 487 g/mol. The molecule has 2 aromatic heterocycles. The lowest BCUT2D eigenvalue weighted by molar-refractivity contribution is -0.664. The van der Waals surface area contributed by atoms with Gasteiger partial charge in [0.05, 0.1) is 18.1 Å². The summed E-state index contributed by atoms with van der Waals surface area (Å²) >= 11 is 10.0. The molecule has 0 amide bonds. The fourth-order valence-corrected chi connectivity index (χ4v) is 4.66. The van der Waals surface area contributed by atoms with Gasteiger partial charge >= 0.3 is 0 Å². The Hall–Kier alpha value is -2.35. The number of furan rings is 1. The molecule has 0 aliphatic carbocycles. The van der Waals surface area contributed by atoms with E-state index >= 15 is 0 Å². The molecule has 3 heterocycles. The molecule has 0 unspecified atom stereocenters. The number of aromatic nitrogens is 2. The van der Waals surface area contributed by atoms with E-state index in [1.807, 2.05) is 36.4 Å². The Morgan fingerprint density at radius 2 is 2.07 bits per heavy atom. The highest BCUT2D eigenvalue weighted by Gasteiger charge is 2.17. The lowest BCUT2D eigenvalue weighted by Gasteiger charge is -2.21. The van der Waals surface area contributed by atoms with Crippen LogP contribution in [0.15, 0.2) is 50.1 Å². The van der Waals surface area contributed by atoms with Gasteiger partial charge in [0.15, 0.2) is 0 Å². The normalized spacial score (nSPS) is 15.1. The van der Waals surface area contributed by atoms with Gasteiger partial charge in [0, 0.05) is 40.5 Å². The molecule has 1 saturated heterocycles. The number of piperidine rings is 1. The van der Waals surface area contributed by atoms with Crippen LogP contribution in [0.4, 0.5) is 5.69 Å². The van der Waals surface area contributed by atoms with E-state index in [0.29, 0.717) is 33.4 Å². The minimum Gasteiger partial charge on any atom is -0.449 e. The van der Waals surface area contributed by atoms with Gasteiger partial charge in [-0.2, -0.15) is 0 Å². The molecular weight excluding hydrogens is 468 g/mol. The van der Waals surface area contributed by atoms with Gasteiger partial charge in [0.1, 0.15) is 16.9 Å². The second-order valence-electron chi connectivity index (χ2n) is 7.72. The van der Waals surface area contributed by atoms with Crippen molar-refractivity contribution in [2.45, 2.75) is 12.8 Å². The van der Waals surface area contributed by atoms with E-state index in [9.17, 15) is 4.79 Å². The van der Waals surface area contributed by atoms with Crippen molar-refractivity contribution in [2.24, 2.45) is 5.92 Å². The van der Waals surface area contributed by atoms with Gasteiger partial charge in [-0.1, -0.05) is 27.5 Å². The number of fused-ring (bicyclic) bond motifs is 3. The topological polar surface area (TPSA) is 87.5 Å². The Bertz CT molecular complexity index is 1290. The van der Waals surface area contributed by atoms with Gasteiger partial charge in [0.2, 0.25) is 5.58 Å². The highest BCUT2D eigenvalue weighted by Crippen LogP contribution is 2.32. The van der Waals surface area contributed by atoms with E-state index in [2.05, 4.69) is 36.5 Å².